The lowest BCUT2D eigenvalue weighted by molar-refractivity contribution is -0.149. The third kappa shape index (κ3) is 7.67. The van der Waals surface area contributed by atoms with E-state index in [1.54, 1.807) is 0 Å². The first-order valence-electron chi connectivity index (χ1n) is 8.95. The minimum Gasteiger partial charge on any atom is -0.481 e. The number of methoxy groups -OCH3 is 1. The van der Waals surface area contributed by atoms with Crippen LogP contribution in [0.1, 0.15) is 64.7 Å². The molecular weight excluding hydrogens is 326 g/mol. The fourth-order valence-corrected chi connectivity index (χ4v) is 3.37. The molecule has 0 bridgehead atoms. The van der Waals surface area contributed by atoms with Crippen molar-refractivity contribution < 1.29 is 29.0 Å². The highest BCUT2D eigenvalue weighted by molar-refractivity contribution is 6.05. The third-order valence-corrected chi connectivity index (χ3v) is 4.81. The van der Waals surface area contributed by atoms with Gasteiger partial charge in [-0.1, -0.05) is 44.9 Å². The minimum atomic E-state index is -1.38. The summed E-state index contributed by atoms with van der Waals surface area (Å²) >= 11 is 0. The highest BCUT2D eigenvalue weighted by atomic mass is 16.5. The predicted octanol–water partition coefficient (Wildman–Crippen LogP) is 2.07. The molecular formula is C18H29NO6. The maximum Gasteiger partial charge on any atom is 0.336 e. The number of hydrogen-bond donors (Lipinski definition) is 2. The van der Waals surface area contributed by atoms with Crippen LogP contribution in [-0.4, -0.2) is 41.9 Å². The van der Waals surface area contributed by atoms with Crippen LogP contribution in [0.4, 0.5) is 0 Å². The van der Waals surface area contributed by atoms with Gasteiger partial charge in [0.1, 0.15) is 0 Å². The Morgan fingerprint density at radius 2 is 1.80 bits per heavy atom. The number of Topliss-reactive ketones (excluding diaryl/α,β-unsaturated/α-hetero) is 1. The van der Waals surface area contributed by atoms with Gasteiger partial charge in [-0.2, -0.15) is 0 Å². The van der Waals surface area contributed by atoms with Crippen molar-refractivity contribution in [3.05, 3.63) is 0 Å². The first-order valence-corrected chi connectivity index (χ1v) is 8.95. The van der Waals surface area contributed by atoms with Gasteiger partial charge in [-0.15, -0.1) is 0 Å². The molecule has 1 unspecified atom stereocenters. The van der Waals surface area contributed by atoms with E-state index in [-0.39, 0.29) is 6.42 Å². The molecule has 142 valence electrons. The van der Waals surface area contributed by atoms with Crippen LogP contribution in [0.5, 0.6) is 0 Å². The molecule has 1 saturated carbocycles. The van der Waals surface area contributed by atoms with E-state index in [1.165, 1.54) is 39.0 Å². The summed E-state index contributed by atoms with van der Waals surface area (Å²) in [5.74, 6) is -3.16. The number of carboxylic acids is 1. The molecule has 0 aromatic carbocycles. The van der Waals surface area contributed by atoms with Gasteiger partial charge in [0.2, 0.25) is 5.91 Å². The second-order valence-electron chi connectivity index (χ2n) is 6.81. The summed E-state index contributed by atoms with van der Waals surface area (Å²) in [6.07, 6.45) is 8.01. The Bertz CT molecular complexity index is 484. The van der Waals surface area contributed by atoms with Crippen molar-refractivity contribution in [2.75, 3.05) is 7.11 Å². The third-order valence-electron chi connectivity index (χ3n) is 4.81. The molecule has 0 heterocycles. The summed E-state index contributed by atoms with van der Waals surface area (Å²) in [4.78, 5) is 46.5. The summed E-state index contributed by atoms with van der Waals surface area (Å²) in [7, 11) is 1.13. The number of carbonyl (C=O) groups excluding carboxylic acids is 3. The zero-order chi connectivity index (χ0) is 18.8. The number of carbonyl (C=O) groups is 4. The smallest absolute Gasteiger partial charge is 0.336 e. The van der Waals surface area contributed by atoms with Crippen molar-refractivity contribution in [2.24, 2.45) is 11.8 Å². The van der Waals surface area contributed by atoms with Crippen molar-refractivity contribution in [1.82, 2.24) is 5.32 Å². The molecule has 2 atom stereocenters. The number of aliphatic carboxylic acids is 1. The van der Waals surface area contributed by atoms with Gasteiger partial charge in [0.15, 0.2) is 11.8 Å². The highest BCUT2D eigenvalue weighted by Gasteiger charge is 2.30. The van der Waals surface area contributed by atoms with Crippen molar-refractivity contribution in [1.29, 1.82) is 0 Å². The number of rotatable bonds is 10. The van der Waals surface area contributed by atoms with Crippen molar-refractivity contribution in [3.63, 3.8) is 0 Å². The van der Waals surface area contributed by atoms with Gasteiger partial charge in [-0.05, 0) is 19.3 Å². The molecule has 1 rings (SSSR count). The number of nitrogens with one attached hydrogen (secondary N) is 1. The average molecular weight is 355 g/mol. The van der Waals surface area contributed by atoms with Gasteiger partial charge in [-0.3, -0.25) is 14.4 Å². The maximum atomic E-state index is 12.4. The molecule has 7 heteroatoms. The molecule has 25 heavy (non-hydrogen) atoms. The van der Waals surface area contributed by atoms with Crippen LogP contribution in [0.15, 0.2) is 0 Å². The molecule has 2 N–H and O–H groups in total. The van der Waals surface area contributed by atoms with E-state index in [2.05, 4.69) is 10.1 Å². The predicted molar refractivity (Wildman–Crippen MR) is 90.8 cm³/mol. The van der Waals surface area contributed by atoms with E-state index >= 15 is 0 Å². The minimum absolute atomic E-state index is 0.317. The number of ketones is 1. The van der Waals surface area contributed by atoms with E-state index in [4.69, 9.17) is 5.11 Å². The van der Waals surface area contributed by atoms with Crippen LogP contribution >= 0.6 is 0 Å². The SMILES string of the molecule is COC(=O)C(NC(=O)[C@H](CCCC1CCCCC1)CC(=O)O)C(C)=O. The molecule has 1 fully saturated rings. The van der Waals surface area contributed by atoms with E-state index < -0.39 is 35.6 Å². The lowest BCUT2D eigenvalue weighted by atomic mass is 9.84. The molecule has 1 amide bonds. The second kappa shape index (κ2) is 10.8. The van der Waals surface area contributed by atoms with Crippen LogP contribution in [0.25, 0.3) is 0 Å². The zero-order valence-electron chi connectivity index (χ0n) is 15.1. The Labute approximate surface area is 148 Å². The molecule has 0 radical (unpaired) electrons. The number of ether oxygens (including phenoxy) is 1. The molecule has 1 aliphatic rings. The van der Waals surface area contributed by atoms with Crippen LogP contribution in [0.2, 0.25) is 0 Å². The van der Waals surface area contributed by atoms with E-state index in [0.717, 1.165) is 20.0 Å². The standard InChI is InChI=1S/C18H29NO6/c1-12(20)16(18(24)25-2)19-17(23)14(11-15(21)22)10-6-9-13-7-4-3-5-8-13/h13-14,16H,3-11H2,1-2H3,(H,19,23)(H,21,22)/t14-,16?/m1/s1. The van der Waals surface area contributed by atoms with Crippen molar-refractivity contribution in [3.8, 4) is 0 Å². The highest BCUT2D eigenvalue weighted by Crippen LogP contribution is 2.28. The van der Waals surface area contributed by atoms with Crippen LogP contribution in [0, 0.1) is 11.8 Å². The van der Waals surface area contributed by atoms with Gasteiger partial charge in [0.05, 0.1) is 13.5 Å². The average Bonchev–Trinajstić information content (AvgIpc) is 2.58. The normalized spacial score (nSPS) is 17.4. The fourth-order valence-electron chi connectivity index (χ4n) is 3.37. The number of esters is 1. The number of hydrogen-bond acceptors (Lipinski definition) is 5. The quantitative estimate of drug-likeness (QED) is 0.458. The Hall–Kier alpha value is -1.92. The van der Waals surface area contributed by atoms with Gasteiger partial charge in [0, 0.05) is 5.92 Å². The lowest BCUT2D eigenvalue weighted by Gasteiger charge is -2.23. The van der Waals surface area contributed by atoms with Gasteiger partial charge >= 0.3 is 11.9 Å². The zero-order valence-corrected chi connectivity index (χ0v) is 15.1. The van der Waals surface area contributed by atoms with Crippen LogP contribution < -0.4 is 5.32 Å². The summed E-state index contributed by atoms with van der Waals surface area (Å²) in [6, 6.07) is -1.38. The molecule has 1 aliphatic carbocycles. The van der Waals surface area contributed by atoms with E-state index in [9.17, 15) is 19.2 Å². The number of amides is 1. The lowest BCUT2D eigenvalue weighted by Crippen LogP contribution is -2.48. The molecule has 0 aromatic rings. The fraction of sp³-hybridized carbons (Fsp3) is 0.778. The van der Waals surface area contributed by atoms with E-state index in [1.807, 2.05) is 0 Å². The first kappa shape index (κ1) is 21.1. The Morgan fingerprint density at radius 3 is 2.32 bits per heavy atom. The van der Waals surface area contributed by atoms with Gasteiger partial charge in [0.25, 0.3) is 0 Å². The Kier molecular flexibility index (Phi) is 9.16. The first-order chi connectivity index (χ1) is 11.8. The van der Waals surface area contributed by atoms with Crippen molar-refractivity contribution in [2.45, 2.75) is 70.8 Å². The summed E-state index contributed by atoms with van der Waals surface area (Å²) < 4.78 is 4.51. The largest absolute Gasteiger partial charge is 0.481 e. The maximum absolute atomic E-state index is 12.4. The Morgan fingerprint density at radius 1 is 1.16 bits per heavy atom. The Balaban J connectivity index is 2.59. The van der Waals surface area contributed by atoms with Gasteiger partial charge < -0.3 is 15.2 Å². The second-order valence-corrected chi connectivity index (χ2v) is 6.81. The summed E-state index contributed by atoms with van der Waals surface area (Å²) in [5.41, 5.74) is 0. The topological polar surface area (TPSA) is 110 Å². The van der Waals surface area contributed by atoms with E-state index in [0.29, 0.717) is 12.3 Å². The molecule has 0 aliphatic heterocycles. The van der Waals surface area contributed by atoms with Crippen LogP contribution in [0.3, 0.4) is 0 Å². The summed E-state index contributed by atoms with van der Waals surface area (Å²) in [6.45, 7) is 1.18. The molecule has 0 saturated heterocycles. The van der Waals surface area contributed by atoms with Crippen molar-refractivity contribution >= 4 is 23.6 Å². The van der Waals surface area contributed by atoms with Gasteiger partial charge in [-0.25, -0.2) is 4.79 Å². The molecule has 7 nitrogen and oxygen atoms in total. The molecule has 0 aromatic heterocycles. The summed E-state index contributed by atoms with van der Waals surface area (Å²) in [5, 5.41) is 11.4. The number of carboxylic acid groups (broad SMARTS) is 1. The molecule has 0 spiro atoms. The monoisotopic (exact) mass is 355 g/mol. The van der Waals surface area contributed by atoms with Crippen LogP contribution in [-0.2, 0) is 23.9 Å².